The summed E-state index contributed by atoms with van der Waals surface area (Å²) >= 11 is 0. The molecule has 0 fully saturated rings. The number of rotatable bonds is 4. The van der Waals surface area contributed by atoms with Crippen molar-refractivity contribution in [3.8, 4) is 0 Å². The molecule has 0 aromatic carbocycles. The highest BCUT2D eigenvalue weighted by molar-refractivity contribution is 5.95. The summed E-state index contributed by atoms with van der Waals surface area (Å²) in [4.78, 5) is 15.6. The molecule has 0 N–H and O–H groups in total. The number of carbonyl (C=O) groups is 1. The van der Waals surface area contributed by atoms with Crippen LogP contribution in [0.5, 0.6) is 0 Å². The summed E-state index contributed by atoms with van der Waals surface area (Å²) in [6.07, 6.45) is 4.09. The Morgan fingerprint density at radius 2 is 2.46 bits per heavy atom. The molecule has 0 aliphatic carbocycles. The first-order chi connectivity index (χ1) is 6.25. The van der Waals surface area contributed by atoms with Gasteiger partial charge in [0.25, 0.3) is 0 Å². The van der Waals surface area contributed by atoms with Crippen LogP contribution in [-0.4, -0.2) is 10.8 Å². The second-order valence-corrected chi connectivity index (χ2v) is 3.00. The normalized spacial score (nSPS) is 12.1. The van der Waals surface area contributed by atoms with Gasteiger partial charge in [0, 0.05) is 12.1 Å². The highest BCUT2D eigenvalue weighted by Crippen LogP contribution is 2.09. The summed E-state index contributed by atoms with van der Waals surface area (Å²) < 4.78 is 0. The minimum absolute atomic E-state index is 0.0209. The van der Waals surface area contributed by atoms with Gasteiger partial charge in [-0.1, -0.05) is 19.1 Å². The van der Waals surface area contributed by atoms with Crippen LogP contribution in [0.15, 0.2) is 37.1 Å². The number of allylic oxidation sites excluding steroid dienone is 1. The topological polar surface area (TPSA) is 30.0 Å². The summed E-state index contributed by atoms with van der Waals surface area (Å²) in [7, 11) is 0. The molecule has 1 unspecified atom stereocenters. The largest absolute Gasteiger partial charge is 0.292 e. The van der Waals surface area contributed by atoms with E-state index in [4.69, 9.17) is 0 Å². The molecule has 0 aliphatic heterocycles. The van der Waals surface area contributed by atoms with E-state index in [9.17, 15) is 4.79 Å². The molecule has 0 saturated carbocycles. The number of pyridine rings is 1. The molecule has 0 amide bonds. The molecule has 1 aromatic rings. The smallest absolute Gasteiger partial charge is 0.184 e. The maximum Gasteiger partial charge on any atom is 0.184 e. The number of nitrogens with zero attached hydrogens (tertiary/aromatic N) is 1. The molecule has 13 heavy (non-hydrogen) atoms. The van der Waals surface area contributed by atoms with Crippen molar-refractivity contribution in [1.29, 1.82) is 0 Å². The predicted molar refractivity (Wildman–Crippen MR) is 52.5 cm³/mol. The number of aromatic nitrogens is 1. The lowest BCUT2D eigenvalue weighted by molar-refractivity contribution is 0.0926. The van der Waals surface area contributed by atoms with E-state index < -0.39 is 0 Å². The SMILES string of the molecule is C=CCC(C)C(=O)c1ccccn1. The van der Waals surface area contributed by atoms with Crippen LogP contribution in [0.4, 0.5) is 0 Å². The first-order valence-corrected chi connectivity index (χ1v) is 4.32. The molecular weight excluding hydrogens is 162 g/mol. The van der Waals surface area contributed by atoms with Crippen molar-refractivity contribution in [3.05, 3.63) is 42.7 Å². The van der Waals surface area contributed by atoms with Crippen LogP contribution in [-0.2, 0) is 0 Å². The fourth-order valence-corrected chi connectivity index (χ4v) is 1.12. The van der Waals surface area contributed by atoms with Gasteiger partial charge in [0.1, 0.15) is 5.69 Å². The zero-order valence-corrected chi connectivity index (χ0v) is 7.73. The van der Waals surface area contributed by atoms with Crippen LogP contribution >= 0.6 is 0 Å². The lowest BCUT2D eigenvalue weighted by atomic mass is 10.00. The molecule has 1 rings (SSSR count). The van der Waals surface area contributed by atoms with Gasteiger partial charge in [-0.05, 0) is 18.6 Å². The van der Waals surface area contributed by atoms with Gasteiger partial charge in [-0.25, -0.2) is 0 Å². The van der Waals surface area contributed by atoms with Crippen LogP contribution in [0.3, 0.4) is 0 Å². The highest BCUT2D eigenvalue weighted by Gasteiger charge is 2.13. The lowest BCUT2D eigenvalue weighted by Crippen LogP contribution is -2.11. The average molecular weight is 175 g/mol. The molecule has 1 aromatic heterocycles. The van der Waals surface area contributed by atoms with Gasteiger partial charge in [0.2, 0.25) is 0 Å². The fraction of sp³-hybridized carbons (Fsp3) is 0.273. The monoisotopic (exact) mass is 175 g/mol. The molecule has 0 radical (unpaired) electrons. The zero-order chi connectivity index (χ0) is 9.68. The third-order valence-electron chi connectivity index (χ3n) is 1.89. The molecule has 1 atom stereocenters. The van der Waals surface area contributed by atoms with Crippen molar-refractivity contribution in [3.63, 3.8) is 0 Å². The van der Waals surface area contributed by atoms with Gasteiger partial charge in [0.05, 0.1) is 0 Å². The first-order valence-electron chi connectivity index (χ1n) is 4.32. The van der Waals surface area contributed by atoms with E-state index in [0.29, 0.717) is 12.1 Å². The standard InChI is InChI=1S/C11H13NO/c1-3-6-9(2)11(13)10-7-4-5-8-12-10/h3-5,7-9H,1,6H2,2H3. The minimum atomic E-state index is -0.0209. The zero-order valence-electron chi connectivity index (χ0n) is 7.73. The van der Waals surface area contributed by atoms with E-state index >= 15 is 0 Å². The molecule has 68 valence electrons. The van der Waals surface area contributed by atoms with E-state index in [1.807, 2.05) is 13.0 Å². The Morgan fingerprint density at radius 1 is 1.69 bits per heavy atom. The highest BCUT2D eigenvalue weighted by atomic mass is 16.1. The van der Waals surface area contributed by atoms with Gasteiger partial charge < -0.3 is 0 Å². The predicted octanol–water partition coefficient (Wildman–Crippen LogP) is 2.48. The van der Waals surface area contributed by atoms with Crippen molar-refractivity contribution in [2.75, 3.05) is 0 Å². The van der Waals surface area contributed by atoms with Crippen molar-refractivity contribution in [2.24, 2.45) is 5.92 Å². The molecule has 2 heteroatoms. The summed E-state index contributed by atoms with van der Waals surface area (Å²) in [5.41, 5.74) is 0.539. The Hall–Kier alpha value is -1.44. The number of carbonyl (C=O) groups excluding carboxylic acids is 1. The van der Waals surface area contributed by atoms with E-state index in [1.54, 1.807) is 24.4 Å². The third-order valence-corrected chi connectivity index (χ3v) is 1.89. The van der Waals surface area contributed by atoms with Gasteiger partial charge in [-0.3, -0.25) is 9.78 Å². The molecular formula is C11H13NO. The van der Waals surface area contributed by atoms with E-state index in [-0.39, 0.29) is 11.7 Å². The number of hydrogen-bond donors (Lipinski definition) is 0. The second kappa shape index (κ2) is 4.55. The molecule has 0 saturated heterocycles. The van der Waals surface area contributed by atoms with E-state index in [1.165, 1.54) is 0 Å². The van der Waals surface area contributed by atoms with Gasteiger partial charge in [0.15, 0.2) is 5.78 Å². The Morgan fingerprint density at radius 3 is 3.00 bits per heavy atom. The van der Waals surface area contributed by atoms with Gasteiger partial charge in [-0.2, -0.15) is 0 Å². The van der Waals surface area contributed by atoms with E-state index in [0.717, 1.165) is 0 Å². The number of Topliss-reactive ketones (excluding diaryl/α,β-unsaturated/α-hetero) is 1. The Bertz CT molecular complexity index is 292. The summed E-state index contributed by atoms with van der Waals surface area (Å²) in [5, 5.41) is 0. The molecule has 1 heterocycles. The summed E-state index contributed by atoms with van der Waals surface area (Å²) in [6.45, 7) is 5.49. The summed E-state index contributed by atoms with van der Waals surface area (Å²) in [5.74, 6) is 0.0629. The van der Waals surface area contributed by atoms with Crippen molar-refractivity contribution < 1.29 is 4.79 Å². The van der Waals surface area contributed by atoms with Crippen LogP contribution in [0.1, 0.15) is 23.8 Å². The molecule has 0 bridgehead atoms. The maximum absolute atomic E-state index is 11.6. The van der Waals surface area contributed by atoms with Gasteiger partial charge >= 0.3 is 0 Å². The molecule has 0 spiro atoms. The van der Waals surface area contributed by atoms with Crippen LogP contribution in [0, 0.1) is 5.92 Å². The minimum Gasteiger partial charge on any atom is -0.292 e. The first kappa shape index (κ1) is 9.65. The average Bonchev–Trinajstić information content (AvgIpc) is 2.18. The van der Waals surface area contributed by atoms with Gasteiger partial charge in [-0.15, -0.1) is 6.58 Å². The van der Waals surface area contributed by atoms with Crippen LogP contribution in [0.25, 0.3) is 0 Å². The van der Waals surface area contributed by atoms with Crippen LogP contribution < -0.4 is 0 Å². The Labute approximate surface area is 78.3 Å². The van der Waals surface area contributed by atoms with Crippen molar-refractivity contribution >= 4 is 5.78 Å². The van der Waals surface area contributed by atoms with Crippen molar-refractivity contribution in [1.82, 2.24) is 4.98 Å². The molecule has 2 nitrogen and oxygen atoms in total. The van der Waals surface area contributed by atoms with Crippen molar-refractivity contribution in [2.45, 2.75) is 13.3 Å². The number of hydrogen-bond acceptors (Lipinski definition) is 2. The second-order valence-electron chi connectivity index (χ2n) is 3.00. The lowest BCUT2D eigenvalue weighted by Gasteiger charge is -2.05. The summed E-state index contributed by atoms with van der Waals surface area (Å²) in [6, 6.07) is 5.36. The Balaban J connectivity index is 2.73. The Kier molecular flexibility index (Phi) is 3.38. The number of ketones is 1. The fourth-order valence-electron chi connectivity index (χ4n) is 1.12. The third kappa shape index (κ3) is 2.51. The molecule has 0 aliphatic rings. The van der Waals surface area contributed by atoms with Crippen LogP contribution in [0.2, 0.25) is 0 Å². The quantitative estimate of drug-likeness (QED) is 0.519. The van der Waals surface area contributed by atoms with E-state index in [2.05, 4.69) is 11.6 Å². The maximum atomic E-state index is 11.6.